The molecule has 0 saturated heterocycles. The summed E-state index contributed by atoms with van der Waals surface area (Å²) in [6, 6.07) is 23.6. The first-order valence-corrected chi connectivity index (χ1v) is 9.48. The minimum atomic E-state index is -4.67. The Kier molecular flexibility index (Phi) is 5.37. The Morgan fingerprint density at radius 1 is 0.867 bits per heavy atom. The topological polar surface area (TPSA) is 38.1 Å². The van der Waals surface area contributed by atoms with E-state index in [0.29, 0.717) is 11.1 Å². The molecule has 4 rings (SSSR count). The number of hydrogen-bond donors (Lipinski definition) is 1. The molecule has 1 aromatic heterocycles. The predicted octanol–water partition coefficient (Wildman–Crippen LogP) is 6.29. The molecular formula is C23H16ClF3N2O. The second-order valence-electron chi connectivity index (χ2n) is 6.67. The highest BCUT2D eigenvalue weighted by Crippen LogP contribution is 2.37. The lowest BCUT2D eigenvalue weighted by atomic mass is 9.94. The molecule has 1 unspecified atom stereocenters. The molecule has 0 aliphatic heterocycles. The lowest BCUT2D eigenvalue weighted by Gasteiger charge is -2.18. The van der Waals surface area contributed by atoms with Crippen LogP contribution < -0.4 is 0 Å². The Morgan fingerprint density at radius 2 is 1.50 bits per heavy atom. The van der Waals surface area contributed by atoms with Gasteiger partial charge >= 0.3 is 6.18 Å². The van der Waals surface area contributed by atoms with Gasteiger partial charge in [-0.05, 0) is 34.9 Å². The summed E-state index contributed by atoms with van der Waals surface area (Å²) in [6.07, 6.45) is -6.03. The normalized spacial score (nSPS) is 12.7. The molecule has 30 heavy (non-hydrogen) atoms. The average Bonchev–Trinajstić information content (AvgIpc) is 3.20. The second kappa shape index (κ2) is 7.97. The van der Waals surface area contributed by atoms with Gasteiger partial charge in [0.05, 0.1) is 16.4 Å². The van der Waals surface area contributed by atoms with Crippen molar-refractivity contribution in [2.75, 3.05) is 0 Å². The van der Waals surface area contributed by atoms with Crippen LogP contribution in [-0.2, 0) is 6.18 Å². The number of para-hydroxylation sites is 1. The fraction of sp³-hybridized carbons (Fsp3) is 0.0870. The maximum atomic E-state index is 13.4. The first-order chi connectivity index (χ1) is 14.4. The molecule has 0 aliphatic rings. The van der Waals surface area contributed by atoms with Gasteiger partial charge in [0.2, 0.25) is 0 Å². The van der Waals surface area contributed by atoms with Crippen LogP contribution in [0.3, 0.4) is 0 Å². The van der Waals surface area contributed by atoms with Crippen molar-refractivity contribution in [2.45, 2.75) is 12.3 Å². The van der Waals surface area contributed by atoms with E-state index < -0.39 is 18.0 Å². The second-order valence-corrected chi connectivity index (χ2v) is 7.08. The van der Waals surface area contributed by atoms with Crippen LogP contribution in [0.5, 0.6) is 0 Å². The van der Waals surface area contributed by atoms with E-state index in [4.69, 9.17) is 11.6 Å². The SMILES string of the molecule is OC(c1ccccc1-c1ccccc1)c1cc(C(F)(F)F)nn1-c1ccccc1Cl. The molecule has 4 aromatic rings. The van der Waals surface area contributed by atoms with Gasteiger partial charge in [0.25, 0.3) is 0 Å². The molecule has 1 atom stereocenters. The average molecular weight is 429 g/mol. The summed E-state index contributed by atoms with van der Waals surface area (Å²) in [7, 11) is 0. The third-order valence-electron chi connectivity index (χ3n) is 4.73. The largest absolute Gasteiger partial charge is 0.435 e. The molecular weight excluding hydrogens is 413 g/mol. The van der Waals surface area contributed by atoms with Crippen LogP contribution in [-0.4, -0.2) is 14.9 Å². The molecule has 1 N–H and O–H groups in total. The molecule has 1 heterocycles. The molecule has 0 saturated carbocycles. The van der Waals surface area contributed by atoms with Gasteiger partial charge in [-0.15, -0.1) is 0 Å². The summed E-state index contributed by atoms with van der Waals surface area (Å²) >= 11 is 6.21. The lowest BCUT2D eigenvalue weighted by Crippen LogP contribution is -2.10. The monoisotopic (exact) mass is 428 g/mol. The van der Waals surface area contributed by atoms with Gasteiger partial charge in [-0.1, -0.05) is 78.3 Å². The Bertz CT molecular complexity index is 1170. The van der Waals surface area contributed by atoms with Crippen molar-refractivity contribution >= 4 is 11.6 Å². The number of rotatable bonds is 4. The van der Waals surface area contributed by atoms with Crippen LogP contribution in [0, 0.1) is 0 Å². The first-order valence-electron chi connectivity index (χ1n) is 9.11. The maximum Gasteiger partial charge on any atom is 0.435 e. The minimum Gasteiger partial charge on any atom is -0.382 e. The summed E-state index contributed by atoms with van der Waals surface area (Å²) in [6.45, 7) is 0. The first kappa shape index (κ1) is 20.2. The molecule has 0 spiro atoms. The number of benzene rings is 3. The molecule has 3 nitrogen and oxygen atoms in total. The van der Waals surface area contributed by atoms with E-state index in [-0.39, 0.29) is 16.4 Å². The van der Waals surface area contributed by atoms with Gasteiger partial charge in [-0.25, -0.2) is 4.68 Å². The number of aromatic nitrogens is 2. The van der Waals surface area contributed by atoms with Crippen molar-refractivity contribution in [1.29, 1.82) is 0 Å². The van der Waals surface area contributed by atoms with Gasteiger partial charge in [0.1, 0.15) is 6.10 Å². The van der Waals surface area contributed by atoms with Crippen LogP contribution in [0.25, 0.3) is 16.8 Å². The molecule has 0 bridgehead atoms. The van der Waals surface area contributed by atoms with Crippen molar-refractivity contribution in [3.8, 4) is 16.8 Å². The van der Waals surface area contributed by atoms with Crippen molar-refractivity contribution < 1.29 is 18.3 Å². The Balaban J connectivity index is 1.89. The zero-order chi connectivity index (χ0) is 21.3. The third-order valence-corrected chi connectivity index (χ3v) is 5.05. The maximum absolute atomic E-state index is 13.4. The highest BCUT2D eigenvalue weighted by Gasteiger charge is 2.36. The van der Waals surface area contributed by atoms with Gasteiger partial charge in [0, 0.05) is 0 Å². The van der Waals surface area contributed by atoms with Gasteiger partial charge in [-0.2, -0.15) is 18.3 Å². The lowest BCUT2D eigenvalue weighted by molar-refractivity contribution is -0.141. The molecule has 0 amide bonds. The zero-order valence-corrected chi connectivity index (χ0v) is 16.3. The Morgan fingerprint density at radius 3 is 2.20 bits per heavy atom. The third kappa shape index (κ3) is 3.84. The van der Waals surface area contributed by atoms with E-state index in [1.165, 1.54) is 0 Å². The highest BCUT2D eigenvalue weighted by molar-refractivity contribution is 6.32. The number of nitrogens with zero attached hydrogens (tertiary/aromatic N) is 2. The predicted molar refractivity (Wildman–Crippen MR) is 110 cm³/mol. The fourth-order valence-corrected chi connectivity index (χ4v) is 3.54. The smallest absolute Gasteiger partial charge is 0.382 e. The molecule has 0 radical (unpaired) electrons. The van der Waals surface area contributed by atoms with E-state index in [2.05, 4.69) is 5.10 Å². The van der Waals surface area contributed by atoms with Crippen LogP contribution in [0.15, 0.2) is 84.9 Å². The molecule has 152 valence electrons. The van der Waals surface area contributed by atoms with Crippen molar-refractivity contribution in [3.05, 3.63) is 107 Å². The van der Waals surface area contributed by atoms with E-state index in [9.17, 15) is 18.3 Å². The van der Waals surface area contributed by atoms with E-state index in [1.807, 2.05) is 42.5 Å². The zero-order valence-electron chi connectivity index (χ0n) is 15.5. The number of halogens is 4. The Hall–Kier alpha value is -3.09. The van der Waals surface area contributed by atoms with Crippen molar-refractivity contribution in [3.63, 3.8) is 0 Å². The van der Waals surface area contributed by atoms with E-state index >= 15 is 0 Å². The van der Waals surface area contributed by atoms with E-state index in [1.54, 1.807) is 36.4 Å². The molecule has 7 heteroatoms. The van der Waals surface area contributed by atoms with Crippen molar-refractivity contribution in [1.82, 2.24) is 9.78 Å². The minimum absolute atomic E-state index is 0.0289. The van der Waals surface area contributed by atoms with Crippen LogP contribution in [0.4, 0.5) is 13.2 Å². The standard InChI is InChI=1S/C23H16ClF3N2O/c24-18-12-6-7-13-19(18)29-20(14-21(28-29)23(25,26)27)22(30)17-11-5-4-10-16(17)15-8-2-1-3-9-15/h1-14,22,30H. The van der Waals surface area contributed by atoms with Gasteiger partial charge in [0.15, 0.2) is 5.69 Å². The molecule has 0 aliphatic carbocycles. The summed E-state index contributed by atoms with van der Waals surface area (Å²) in [5.74, 6) is 0. The van der Waals surface area contributed by atoms with Crippen LogP contribution in [0.1, 0.15) is 23.1 Å². The fourth-order valence-electron chi connectivity index (χ4n) is 3.32. The molecule has 0 fully saturated rings. The quantitative estimate of drug-likeness (QED) is 0.414. The number of alkyl halides is 3. The summed E-state index contributed by atoms with van der Waals surface area (Å²) in [4.78, 5) is 0. The highest BCUT2D eigenvalue weighted by atomic mass is 35.5. The van der Waals surface area contributed by atoms with Crippen LogP contribution >= 0.6 is 11.6 Å². The number of aliphatic hydroxyl groups excluding tert-OH is 1. The number of hydrogen-bond acceptors (Lipinski definition) is 2. The summed E-state index contributed by atoms with van der Waals surface area (Å²) < 4.78 is 41.3. The summed E-state index contributed by atoms with van der Waals surface area (Å²) in [5, 5.41) is 15.1. The van der Waals surface area contributed by atoms with Gasteiger partial charge < -0.3 is 5.11 Å². The Labute approximate surface area is 176 Å². The van der Waals surface area contributed by atoms with E-state index in [0.717, 1.165) is 16.3 Å². The van der Waals surface area contributed by atoms with Gasteiger partial charge in [-0.3, -0.25) is 0 Å². The van der Waals surface area contributed by atoms with Crippen LogP contribution in [0.2, 0.25) is 5.02 Å². The summed E-state index contributed by atoms with van der Waals surface area (Å²) in [5.41, 5.74) is 1.14. The number of aliphatic hydroxyl groups is 1. The molecule has 3 aromatic carbocycles. The van der Waals surface area contributed by atoms with Crippen molar-refractivity contribution in [2.24, 2.45) is 0 Å².